The molecule has 2 aromatic carbocycles. The van der Waals surface area contributed by atoms with Gasteiger partial charge in [-0.05, 0) is 42.5 Å². The van der Waals surface area contributed by atoms with Crippen molar-refractivity contribution >= 4 is 17.3 Å². The third-order valence-corrected chi connectivity index (χ3v) is 4.72. The summed E-state index contributed by atoms with van der Waals surface area (Å²) in [6, 6.07) is 11.8. The molecule has 0 radical (unpaired) electrons. The number of amides is 1. The molecule has 8 heteroatoms. The minimum atomic E-state index is -0.489. The number of anilines is 1. The second kappa shape index (κ2) is 8.60. The van der Waals surface area contributed by atoms with Crippen LogP contribution >= 0.6 is 0 Å². The van der Waals surface area contributed by atoms with Crippen molar-refractivity contribution in [3.63, 3.8) is 0 Å². The fraction of sp³-hybridized carbons (Fsp3) is 0.350. The predicted octanol–water partition coefficient (Wildman–Crippen LogP) is 3.29. The number of nitrogens with one attached hydrogen (secondary N) is 2. The molecule has 0 aromatic heterocycles. The molecule has 0 saturated heterocycles. The van der Waals surface area contributed by atoms with Gasteiger partial charge in [-0.3, -0.25) is 14.9 Å². The first-order chi connectivity index (χ1) is 13.5. The normalized spacial score (nSPS) is 14.1. The molecule has 0 aliphatic heterocycles. The van der Waals surface area contributed by atoms with E-state index in [-0.39, 0.29) is 24.2 Å². The molecule has 1 atom stereocenters. The molecule has 1 unspecified atom stereocenters. The molecular weight excluding hydrogens is 362 g/mol. The zero-order valence-electron chi connectivity index (χ0n) is 15.8. The molecule has 1 fully saturated rings. The molecule has 2 N–H and O–H groups in total. The lowest BCUT2D eigenvalue weighted by atomic mass is 10.0. The van der Waals surface area contributed by atoms with Gasteiger partial charge < -0.3 is 20.1 Å². The van der Waals surface area contributed by atoms with Crippen molar-refractivity contribution in [2.24, 2.45) is 5.92 Å². The summed E-state index contributed by atoms with van der Waals surface area (Å²) in [4.78, 5) is 23.0. The van der Waals surface area contributed by atoms with Crippen molar-refractivity contribution in [2.75, 3.05) is 26.1 Å². The highest BCUT2D eigenvalue weighted by atomic mass is 16.6. The van der Waals surface area contributed by atoms with Gasteiger partial charge in [0.25, 0.3) is 5.69 Å². The maximum Gasteiger partial charge on any atom is 0.271 e. The number of nitro benzene ring substituents is 1. The topological polar surface area (TPSA) is 103 Å². The number of methoxy groups -OCH3 is 2. The molecule has 148 valence electrons. The highest BCUT2D eigenvalue weighted by Crippen LogP contribution is 2.41. The average Bonchev–Trinajstić information content (AvgIpc) is 3.55. The second-order valence-electron chi connectivity index (χ2n) is 6.65. The molecule has 0 bridgehead atoms. The van der Waals surface area contributed by atoms with Gasteiger partial charge >= 0.3 is 0 Å². The lowest BCUT2D eigenvalue weighted by Crippen LogP contribution is -2.34. The fourth-order valence-electron chi connectivity index (χ4n) is 3.06. The molecule has 1 aliphatic rings. The van der Waals surface area contributed by atoms with E-state index in [2.05, 4.69) is 10.6 Å². The summed E-state index contributed by atoms with van der Waals surface area (Å²) in [6.45, 7) is -0.0170. The smallest absolute Gasteiger partial charge is 0.271 e. The number of nitro groups is 1. The van der Waals surface area contributed by atoms with Gasteiger partial charge in [-0.25, -0.2) is 0 Å². The minimum Gasteiger partial charge on any atom is -0.497 e. The third kappa shape index (κ3) is 4.70. The van der Waals surface area contributed by atoms with Gasteiger partial charge in [0.2, 0.25) is 5.91 Å². The van der Waals surface area contributed by atoms with Gasteiger partial charge in [0.1, 0.15) is 11.5 Å². The molecule has 1 aliphatic carbocycles. The summed E-state index contributed by atoms with van der Waals surface area (Å²) in [5.41, 5.74) is 1.36. The van der Waals surface area contributed by atoms with Crippen molar-refractivity contribution < 1.29 is 19.2 Å². The highest BCUT2D eigenvalue weighted by Gasteiger charge is 2.33. The largest absolute Gasteiger partial charge is 0.497 e. The minimum absolute atomic E-state index is 0.0170. The zero-order valence-corrected chi connectivity index (χ0v) is 15.8. The molecule has 8 nitrogen and oxygen atoms in total. The molecule has 0 spiro atoms. The van der Waals surface area contributed by atoms with Crippen LogP contribution in [0.25, 0.3) is 0 Å². The Morgan fingerprint density at radius 1 is 1.18 bits per heavy atom. The quantitative estimate of drug-likeness (QED) is 0.507. The number of carbonyl (C=O) groups is 1. The van der Waals surface area contributed by atoms with E-state index in [1.807, 2.05) is 24.3 Å². The van der Waals surface area contributed by atoms with Crippen LogP contribution in [0.15, 0.2) is 42.5 Å². The van der Waals surface area contributed by atoms with E-state index in [1.54, 1.807) is 7.11 Å². The number of hydrogen-bond donors (Lipinski definition) is 2. The lowest BCUT2D eigenvalue weighted by molar-refractivity contribution is -0.384. The number of ether oxygens (including phenoxy) is 2. The third-order valence-electron chi connectivity index (χ3n) is 4.72. The van der Waals surface area contributed by atoms with Crippen LogP contribution in [-0.4, -0.2) is 31.6 Å². The van der Waals surface area contributed by atoms with Crippen LogP contribution in [-0.2, 0) is 4.79 Å². The Labute approximate surface area is 163 Å². The van der Waals surface area contributed by atoms with Crippen LogP contribution in [0, 0.1) is 16.0 Å². The van der Waals surface area contributed by atoms with Crippen molar-refractivity contribution in [1.29, 1.82) is 0 Å². The van der Waals surface area contributed by atoms with E-state index in [0.717, 1.165) is 24.2 Å². The predicted molar refractivity (Wildman–Crippen MR) is 105 cm³/mol. The van der Waals surface area contributed by atoms with Crippen LogP contribution in [0.2, 0.25) is 0 Å². The van der Waals surface area contributed by atoms with Gasteiger partial charge in [0.15, 0.2) is 0 Å². The molecule has 2 aromatic rings. The van der Waals surface area contributed by atoms with Crippen molar-refractivity contribution in [2.45, 2.75) is 18.9 Å². The van der Waals surface area contributed by atoms with Crippen LogP contribution < -0.4 is 20.1 Å². The first-order valence-corrected chi connectivity index (χ1v) is 9.01. The van der Waals surface area contributed by atoms with Gasteiger partial charge in [0, 0.05) is 12.1 Å². The van der Waals surface area contributed by atoms with Crippen LogP contribution in [0.3, 0.4) is 0 Å². The molecule has 3 rings (SSSR count). The van der Waals surface area contributed by atoms with E-state index in [0.29, 0.717) is 17.4 Å². The Bertz CT molecular complexity index is 849. The molecule has 1 saturated carbocycles. The number of hydrogen-bond acceptors (Lipinski definition) is 6. The standard InChI is InChI=1S/C20H23N3O5/c1-27-16-8-5-14(6-9-16)20(13-3-4-13)22-19(24)12-21-17-11-15(23(25)26)7-10-18(17)28-2/h5-11,13,20-21H,3-4,12H2,1-2H3,(H,22,24). The van der Waals surface area contributed by atoms with E-state index in [9.17, 15) is 14.9 Å². The van der Waals surface area contributed by atoms with Gasteiger partial charge in [-0.2, -0.15) is 0 Å². The second-order valence-corrected chi connectivity index (χ2v) is 6.65. The van der Waals surface area contributed by atoms with Gasteiger partial charge in [0.05, 0.1) is 37.4 Å². The Morgan fingerprint density at radius 3 is 2.46 bits per heavy atom. The Balaban J connectivity index is 1.65. The first kappa shape index (κ1) is 19.5. The summed E-state index contributed by atoms with van der Waals surface area (Å²) in [5, 5.41) is 17.0. The fourth-order valence-corrected chi connectivity index (χ4v) is 3.06. The van der Waals surface area contributed by atoms with E-state index in [1.165, 1.54) is 25.3 Å². The summed E-state index contributed by atoms with van der Waals surface area (Å²) in [5.74, 6) is 1.43. The van der Waals surface area contributed by atoms with Crippen molar-refractivity contribution in [1.82, 2.24) is 5.32 Å². The number of carbonyl (C=O) groups excluding carboxylic acids is 1. The van der Waals surface area contributed by atoms with E-state index < -0.39 is 4.92 Å². The van der Waals surface area contributed by atoms with Gasteiger partial charge in [-0.1, -0.05) is 12.1 Å². The number of non-ortho nitro benzene ring substituents is 1. The number of benzene rings is 2. The van der Waals surface area contributed by atoms with Crippen LogP contribution in [0.1, 0.15) is 24.4 Å². The zero-order chi connectivity index (χ0) is 20.1. The number of rotatable bonds is 9. The first-order valence-electron chi connectivity index (χ1n) is 9.01. The summed E-state index contributed by atoms with van der Waals surface area (Å²) >= 11 is 0. The Kier molecular flexibility index (Phi) is 5.98. The Morgan fingerprint density at radius 2 is 1.89 bits per heavy atom. The molecule has 28 heavy (non-hydrogen) atoms. The maximum atomic E-state index is 12.5. The van der Waals surface area contributed by atoms with Crippen LogP contribution in [0.4, 0.5) is 11.4 Å². The summed E-state index contributed by atoms with van der Waals surface area (Å²) in [6.07, 6.45) is 2.15. The molecular formula is C20H23N3O5. The SMILES string of the molecule is COc1ccc(C(NC(=O)CNc2cc([N+](=O)[O-])ccc2OC)C2CC2)cc1. The van der Waals surface area contributed by atoms with Gasteiger partial charge in [-0.15, -0.1) is 0 Å². The van der Waals surface area contributed by atoms with Crippen LogP contribution in [0.5, 0.6) is 11.5 Å². The highest BCUT2D eigenvalue weighted by molar-refractivity contribution is 5.82. The molecule has 0 heterocycles. The Hall–Kier alpha value is -3.29. The van der Waals surface area contributed by atoms with Crippen molar-refractivity contribution in [3.05, 3.63) is 58.1 Å². The lowest BCUT2D eigenvalue weighted by Gasteiger charge is -2.20. The summed E-state index contributed by atoms with van der Waals surface area (Å²) < 4.78 is 10.4. The number of nitrogens with zero attached hydrogens (tertiary/aromatic N) is 1. The maximum absolute atomic E-state index is 12.5. The van der Waals surface area contributed by atoms with E-state index >= 15 is 0 Å². The average molecular weight is 385 g/mol. The molecule has 1 amide bonds. The monoisotopic (exact) mass is 385 g/mol. The summed E-state index contributed by atoms with van der Waals surface area (Å²) in [7, 11) is 3.09. The van der Waals surface area contributed by atoms with E-state index in [4.69, 9.17) is 9.47 Å². The van der Waals surface area contributed by atoms with Crippen molar-refractivity contribution in [3.8, 4) is 11.5 Å².